The Morgan fingerprint density at radius 1 is 0.400 bits per heavy atom. The monoisotopic (exact) mass is 654 g/mol. The summed E-state index contributed by atoms with van der Waals surface area (Å²) in [5, 5.41) is 0. The van der Waals surface area contributed by atoms with Crippen molar-refractivity contribution in [2.75, 3.05) is 11.5 Å². The molecular formula is C29H18F12N2O2. The Hall–Kier alpha value is -4.76. The summed E-state index contributed by atoms with van der Waals surface area (Å²) in [4.78, 5) is 0. The third kappa shape index (κ3) is 6.00. The first-order valence-electron chi connectivity index (χ1n) is 12.3. The minimum Gasteiger partial charge on any atom is -0.455 e. The summed E-state index contributed by atoms with van der Waals surface area (Å²) in [5.41, 5.74) is -2.07. The fourth-order valence-electron chi connectivity index (χ4n) is 4.36. The van der Waals surface area contributed by atoms with Crippen LogP contribution >= 0.6 is 0 Å². The summed E-state index contributed by atoms with van der Waals surface area (Å²) in [5.74, 6) is -10.3. The van der Waals surface area contributed by atoms with Crippen molar-refractivity contribution in [1.82, 2.24) is 0 Å². The lowest BCUT2D eigenvalue weighted by Crippen LogP contribution is -2.53. The minimum absolute atomic E-state index is 0.453. The van der Waals surface area contributed by atoms with Crippen LogP contribution in [0, 0.1) is 0 Å². The second-order valence-corrected chi connectivity index (χ2v) is 9.36. The molecule has 4 rings (SSSR count). The normalized spacial score (nSPS) is 13.1. The molecule has 0 unspecified atom stereocenters. The maximum atomic E-state index is 17.1. The summed E-state index contributed by atoms with van der Waals surface area (Å²) >= 11 is 0. The minimum atomic E-state index is -6.62. The lowest BCUT2D eigenvalue weighted by atomic mass is 9.81. The second kappa shape index (κ2) is 11.3. The summed E-state index contributed by atoms with van der Waals surface area (Å²) in [6.45, 7) is 0. The Kier molecular flexibility index (Phi) is 8.33. The van der Waals surface area contributed by atoms with Gasteiger partial charge in [0, 0.05) is 11.1 Å². The lowest BCUT2D eigenvalue weighted by molar-refractivity contribution is -0.323. The van der Waals surface area contributed by atoms with Crippen LogP contribution in [0.1, 0.15) is 22.3 Å². The number of anilines is 2. The first kappa shape index (κ1) is 33.1. The molecule has 4 aromatic rings. The maximum Gasteiger partial charge on any atom is 0.457 e. The van der Waals surface area contributed by atoms with Gasteiger partial charge >= 0.3 is 24.5 Å². The molecule has 0 aliphatic carbocycles. The van der Waals surface area contributed by atoms with Gasteiger partial charge in [0.1, 0.15) is 11.5 Å². The number of benzene rings is 4. The van der Waals surface area contributed by atoms with Crippen molar-refractivity contribution >= 4 is 11.4 Å². The van der Waals surface area contributed by atoms with Crippen LogP contribution in [0.5, 0.6) is 23.0 Å². The Morgan fingerprint density at radius 2 is 0.711 bits per heavy atom. The van der Waals surface area contributed by atoms with E-state index in [1.807, 2.05) is 0 Å². The Balaban J connectivity index is 1.96. The van der Waals surface area contributed by atoms with E-state index >= 15 is 13.2 Å². The molecule has 0 aliphatic heterocycles. The molecule has 0 atom stereocenters. The third-order valence-corrected chi connectivity index (χ3v) is 6.49. The van der Waals surface area contributed by atoms with E-state index < -0.39 is 86.7 Å². The zero-order chi connectivity index (χ0) is 33.6. The molecule has 0 spiro atoms. The van der Waals surface area contributed by atoms with Gasteiger partial charge in [-0.05, 0) is 36.4 Å². The van der Waals surface area contributed by atoms with E-state index in [2.05, 4.69) is 0 Å². The first-order valence-corrected chi connectivity index (χ1v) is 12.3. The molecule has 45 heavy (non-hydrogen) atoms. The number of para-hydroxylation sites is 4. The van der Waals surface area contributed by atoms with Gasteiger partial charge in [-0.15, -0.1) is 0 Å². The van der Waals surface area contributed by atoms with Crippen LogP contribution in [-0.2, 0) is 18.0 Å². The molecule has 16 heteroatoms. The summed E-state index contributed by atoms with van der Waals surface area (Å²) in [6.07, 6.45) is -16.7. The number of nitrogens with two attached hydrogens (primary N) is 2. The van der Waals surface area contributed by atoms with Crippen molar-refractivity contribution in [1.29, 1.82) is 0 Å². The zero-order valence-corrected chi connectivity index (χ0v) is 22.1. The predicted octanol–water partition coefficient (Wildman–Crippen LogP) is 9.88. The van der Waals surface area contributed by atoms with Gasteiger partial charge in [-0.3, -0.25) is 0 Å². The molecule has 0 aliphatic rings. The van der Waals surface area contributed by atoms with Gasteiger partial charge in [0.15, 0.2) is 11.5 Å². The highest BCUT2D eigenvalue weighted by Crippen LogP contribution is 2.58. The largest absolute Gasteiger partial charge is 0.457 e. The van der Waals surface area contributed by atoms with Gasteiger partial charge in [0.25, 0.3) is 0 Å². The van der Waals surface area contributed by atoms with Crippen LogP contribution in [0.3, 0.4) is 0 Å². The van der Waals surface area contributed by atoms with E-state index in [9.17, 15) is 39.5 Å². The number of nitrogen functional groups attached to an aromatic ring is 2. The van der Waals surface area contributed by atoms with Gasteiger partial charge in [0.05, 0.1) is 22.5 Å². The molecule has 240 valence electrons. The van der Waals surface area contributed by atoms with E-state index in [0.717, 1.165) is 48.5 Å². The van der Waals surface area contributed by atoms with Gasteiger partial charge in [0.2, 0.25) is 5.67 Å². The molecule has 0 aromatic heterocycles. The van der Waals surface area contributed by atoms with E-state index in [1.54, 1.807) is 0 Å². The van der Waals surface area contributed by atoms with Crippen LogP contribution < -0.4 is 20.9 Å². The van der Waals surface area contributed by atoms with Crippen molar-refractivity contribution in [2.24, 2.45) is 0 Å². The molecule has 4 N–H and O–H groups in total. The van der Waals surface area contributed by atoms with Crippen molar-refractivity contribution in [3.05, 3.63) is 107 Å². The van der Waals surface area contributed by atoms with Crippen molar-refractivity contribution in [3.63, 3.8) is 0 Å². The smallest absolute Gasteiger partial charge is 0.455 e. The van der Waals surface area contributed by atoms with E-state index in [-0.39, 0.29) is 0 Å². The van der Waals surface area contributed by atoms with Crippen LogP contribution in [0.15, 0.2) is 84.9 Å². The average Bonchev–Trinajstić information content (AvgIpc) is 2.93. The van der Waals surface area contributed by atoms with Crippen LogP contribution in [0.2, 0.25) is 0 Å². The molecule has 0 saturated heterocycles. The highest BCUT2D eigenvalue weighted by Gasteiger charge is 2.74. The predicted molar refractivity (Wildman–Crippen MR) is 138 cm³/mol. The number of ether oxygens (including phenoxy) is 2. The molecule has 0 amide bonds. The summed E-state index contributed by atoms with van der Waals surface area (Å²) < 4.78 is 181. The van der Waals surface area contributed by atoms with Crippen LogP contribution in [0.25, 0.3) is 0 Å². The van der Waals surface area contributed by atoms with Crippen molar-refractivity contribution in [2.45, 2.75) is 30.1 Å². The van der Waals surface area contributed by atoms with Crippen LogP contribution in [0.4, 0.5) is 64.1 Å². The van der Waals surface area contributed by atoms with E-state index in [1.165, 1.54) is 0 Å². The third-order valence-electron chi connectivity index (χ3n) is 6.49. The lowest BCUT2D eigenvalue weighted by Gasteiger charge is -2.37. The molecule has 4 nitrogen and oxygen atoms in total. The van der Waals surface area contributed by atoms with Gasteiger partial charge in [-0.2, -0.15) is 48.3 Å². The number of rotatable bonds is 7. The number of hydrogen-bond acceptors (Lipinski definition) is 4. The molecular weight excluding hydrogens is 636 g/mol. The number of halogens is 12. The topological polar surface area (TPSA) is 70.5 Å². The molecule has 0 bridgehead atoms. The number of hydrogen-bond donors (Lipinski definition) is 2. The van der Waals surface area contributed by atoms with E-state index in [4.69, 9.17) is 20.9 Å². The molecule has 0 radical (unpaired) electrons. The standard InChI is InChI=1S/C29H18F12N2O2/c30-25(28(37,38)29(39,40)41,15-7-1-3-11-19(15)44-21-13-5-9-17(23(21)42)26(31,32)33)16-8-2-4-12-20(16)45-22-14-6-10-18(24(22)43)27(34,35)36/h1-14H,42-43H2. The SMILES string of the molecule is Nc1c(Oc2ccccc2C(F)(c2ccccc2Oc2cccc(C(F)(F)F)c2N)C(F)(F)C(F)(F)F)cccc1C(F)(F)F. The van der Waals surface area contributed by atoms with Gasteiger partial charge in [-0.1, -0.05) is 48.5 Å². The van der Waals surface area contributed by atoms with Gasteiger partial charge < -0.3 is 20.9 Å². The number of alkyl halides is 12. The highest BCUT2D eigenvalue weighted by molar-refractivity contribution is 5.63. The fraction of sp³-hybridized carbons (Fsp3) is 0.172. The highest BCUT2D eigenvalue weighted by atomic mass is 19.4. The Bertz CT molecular complexity index is 1590. The second-order valence-electron chi connectivity index (χ2n) is 9.36. The summed E-state index contributed by atoms with van der Waals surface area (Å²) in [6, 6.07) is 10.3. The fourth-order valence-corrected chi connectivity index (χ4v) is 4.36. The first-order chi connectivity index (χ1) is 20.7. The molecule has 4 aromatic carbocycles. The summed E-state index contributed by atoms with van der Waals surface area (Å²) in [7, 11) is 0. The molecule has 0 fully saturated rings. The molecule has 0 saturated carbocycles. The Labute approximate surface area is 245 Å². The zero-order valence-electron chi connectivity index (χ0n) is 22.1. The van der Waals surface area contributed by atoms with Gasteiger partial charge in [-0.25, -0.2) is 4.39 Å². The van der Waals surface area contributed by atoms with Crippen LogP contribution in [-0.4, -0.2) is 12.1 Å². The van der Waals surface area contributed by atoms with E-state index in [0.29, 0.717) is 36.4 Å². The van der Waals surface area contributed by atoms with Crippen molar-refractivity contribution in [3.8, 4) is 23.0 Å². The molecule has 0 heterocycles. The Morgan fingerprint density at radius 3 is 1.04 bits per heavy atom. The maximum absolute atomic E-state index is 17.1. The quantitative estimate of drug-likeness (QED) is 0.154. The van der Waals surface area contributed by atoms with Crippen molar-refractivity contribution < 1.29 is 62.2 Å². The average molecular weight is 654 g/mol.